The summed E-state index contributed by atoms with van der Waals surface area (Å²) in [5, 5.41) is 0. The summed E-state index contributed by atoms with van der Waals surface area (Å²) in [4.78, 5) is 2.66. The standard InChI is InChI=1S/C17H27N/c1-4-10-18(11-5-2)13-16-12-15-8-6-7-9-17(15)14(16)3/h6-9,14,16H,4-5,10-13H2,1-3H3/t14-,16+/m1/s1. The zero-order valence-corrected chi connectivity index (χ0v) is 12.2. The van der Waals surface area contributed by atoms with Crippen molar-refractivity contribution < 1.29 is 0 Å². The number of benzene rings is 1. The van der Waals surface area contributed by atoms with Crippen molar-refractivity contribution in [1.29, 1.82) is 0 Å². The molecule has 1 nitrogen and oxygen atoms in total. The van der Waals surface area contributed by atoms with Gasteiger partial charge in [-0.1, -0.05) is 45.0 Å². The largest absolute Gasteiger partial charge is 0.303 e. The molecule has 1 aromatic carbocycles. The van der Waals surface area contributed by atoms with E-state index >= 15 is 0 Å². The van der Waals surface area contributed by atoms with Crippen molar-refractivity contribution >= 4 is 0 Å². The van der Waals surface area contributed by atoms with Gasteiger partial charge in [0.15, 0.2) is 0 Å². The molecule has 100 valence electrons. The maximum Gasteiger partial charge on any atom is 0.00186 e. The predicted octanol–water partition coefficient (Wildman–Crippen LogP) is 4.08. The topological polar surface area (TPSA) is 3.24 Å². The van der Waals surface area contributed by atoms with E-state index < -0.39 is 0 Å². The number of hydrogen-bond donors (Lipinski definition) is 0. The molecule has 1 aliphatic carbocycles. The molecule has 1 aromatic rings. The second-order valence-electron chi connectivity index (χ2n) is 5.75. The van der Waals surface area contributed by atoms with Crippen LogP contribution in [-0.4, -0.2) is 24.5 Å². The van der Waals surface area contributed by atoms with Gasteiger partial charge in [-0.2, -0.15) is 0 Å². The van der Waals surface area contributed by atoms with Crippen LogP contribution in [0.4, 0.5) is 0 Å². The summed E-state index contributed by atoms with van der Waals surface area (Å²) in [5.74, 6) is 1.55. The highest BCUT2D eigenvalue weighted by atomic mass is 15.1. The monoisotopic (exact) mass is 245 g/mol. The van der Waals surface area contributed by atoms with E-state index in [0.717, 1.165) is 11.8 Å². The molecule has 0 aromatic heterocycles. The molecule has 0 unspecified atom stereocenters. The van der Waals surface area contributed by atoms with Crippen molar-refractivity contribution in [3.63, 3.8) is 0 Å². The zero-order valence-electron chi connectivity index (χ0n) is 12.2. The lowest BCUT2D eigenvalue weighted by atomic mass is 9.94. The Morgan fingerprint density at radius 3 is 2.39 bits per heavy atom. The van der Waals surface area contributed by atoms with Gasteiger partial charge in [-0.15, -0.1) is 0 Å². The molecule has 0 fully saturated rings. The number of hydrogen-bond acceptors (Lipinski definition) is 1. The second-order valence-corrected chi connectivity index (χ2v) is 5.75. The fourth-order valence-electron chi connectivity index (χ4n) is 3.36. The minimum absolute atomic E-state index is 0.734. The van der Waals surface area contributed by atoms with Crippen LogP contribution in [-0.2, 0) is 6.42 Å². The van der Waals surface area contributed by atoms with E-state index in [0.29, 0.717) is 0 Å². The smallest absolute Gasteiger partial charge is 0.00186 e. The van der Waals surface area contributed by atoms with E-state index in [9.17, 15) is 0 Å². The highest BCUT2D eigenvalue weighted by molar-refractivity contribution is 5.35. The van der Waals surface area contributed by atoms with Gasteiger partial charge in [0.2, 0.25) is 0 Å². The molecule has 18 heavy (non-hydrogen) atoms. The van der Waals surface area contributed by atoms with E-state index in [1.165, 1.54) is 38.9 Å². The Hall–Kier alpha value is -0.820. The van der Waals surface area contributed by atoms with E-state index in [-0.39, 0.29) is 0 Å². The van der Waals surface area contributed by atoms with Gasteiger partial charge in [-0.05, 0) is 55.3 Å². The lowest BCUT2D eigenvalue weighted by Crippen LogP contribution is -2.32. The molecule has 0 aliphatic heterocycles. The van der Waals surface area contributed by atoms with Crippen molar-refractivity contribution in [3.05, 3.63) is 35.4 Å². The fraction of sp³-hybridized carbons (Fsp3) is 0.647. The maximum atomic E-state index is 2.66. The molecule has 1 aliphatic rings. The molecule has 0 bridgehead atoms. The third kappa shape index (κ3) is 2.95. The Labute approximate surface area is 112 Å². The van der Waals surface area contributed by atoms with E-state index in [4.69, 9.17) is 0 Å². The van der Waals surface area contributed by atoms with Crippen molar-refractivity contribution in [2.45, 2.75) is 46.0 Å². The number of nitrogens with zero attached hydrogens (tertiary/aromatic N) is 1. The third-order valence-corrected chi connectivity index (χ3v) is 4.31. The first kappa shape index (κ1) is 13.6. The SMILES string of the molecule is CCCN(CCC)C[C@@H]1Cc2ccccc2[C@@H]1C. The van der Waals surface area contributed by atoms with Crippen LogP contribution < -0.4 is 0 Å². The average Bonchev–Trinajstić information content (AvgIpc) is 2.68. The van der Waals surface area contributed by atoms with Gasteiger partial charge in [-0.25, -0.2) is 0 Å². The van der Waals surface area contributed by atoms with Crippen LogP contribution in [0.5, 0.6) is 0 Å². The molecule has 0 N–H and O–H groups in total. The Balaban J connectivity index is 1.99. The van der Waals surface area contributed by atoms with Crippen LogP contribution in [0, 0.1) is 5.92 Å². The number of fused-ring (bicyclic) bond motifs is 1. The second kappa shape index (κ2) is 6.38. The van der Waals surface area contributed by atoms with Crippen LogP contribution >= 0.6 is 0 Å². The molecule has 0 saturated heterocycles. The minimum Gasteiger partial charge on any atom is -0.303 e. The first-order valence-electron chi connectivity index (χ1n) is 7.56. The summed E-state index contributed by atoms with van der Waals surface area (Å²) in [6, 6.07) is 9.01. The van der Waals surface area contributed by atoms with Crippen LogP contribution in [0.3, 0.4) is 0 Å². The van der Waals surface area contributed by atoms with Crippen molar-refractivity contribution in [1.82, 2.24) is 4.90 Å². The molecular weight excluding hydrogens is 218 g/mol. The highest BCUT2D eigenvalue weighted by Crippen LogP contribution is 2.37. The van der Waals surface area contributed by atoms with Gasteiger partial charge in [0.25, 0.3) is 0 Å². The van der Waals surface area contributed by atoms with Gasteiger partial charge >= 0.3 is 0 Å². The number of rotatable bonds is 6. The van der Waals surface area contributed by atoms with Crippen LogP contribution in [0.15, 0.2) is 24.3 Å². The molecular formula is C17H27N. The molecule has 1 heteroatoms. The fourth-order valence-corrected chi connectivity index (χ4v) is 3.36. The van der Waals surface area contributed by atoms with Gasteiger partial charge in [0, 0.05) is 6.54 Å². The molecule has 0 heterocycles. The van der Waals surface area contributed by atoms with Crippen molar-refractivity contribution in [2.24, 2.45) is 5.92 Å². The summed E-state index contributed by atoms with van der Waals surface area (Å²) in [7, 11) is 0. The maximum absolute atomic E-state index is 2.66. The first-order valence-corrected chi connectivity index (χ1v) is 7.56. The molecule has 2 atom stereocenters. The highest BCUT2D eigenvalue weighted by Gasteiger charge is 2.29. The van der Waals surface area contributed by atoms with Crippen molar-refractivity contribution in [3.8, 4) is 0 Å². The summed E-state index contributed by atoms with van der Waals surface area (Å²) in [6.07, 6.45) is 3.82. The van der Waals surface area contributed by atoms with Gasteiger partial charge in [-0.3, -0.25) is 0 Å². The Morgan fingerprint density at radius 2 is 1.78 bits per heavy atom. The summed E-state index contributed by atoms with van der Waals surface area (Å²) >= 11 is 0. The van der Waals surface area contributed by atoms with E-state index in [1.54, 1.807) is 11.1 Å². The molecule has 0 spiro atoms. The Kier molecular flexibility index (Phi) is 4.82. The van der Waals surface area contributed by atoms with Gasteiger partial charge < -0.3 is 4.90 Å². The van der Waals surface area contributed by atoms with E-state index in [1.807, 2.05) is 0 Å². The Bertz CT molecular complexity index is 366. The molecule has 0 amide bonds. The normalized spacial score (nSPS) is 22.4. The summed E-state index contributed by atoms with van der Waals surface area (Å²) < 4.78 is 0. The molecule has 0 saturated carbocycles. The average molecular weight is 245 g/mol. The first-order chi connectivity index (χ1) is 8.76. The zero-order chi connectivity index (χ0) is 13.0. The minimum atomic E-state index is 0.734. The quantitative estimate of drug-likeness (QED) is 0.730. The lowest BCUT2D eigenvalue weighted by Gasteiger charge is -2.27. The van der Waals surface area contributed by atoms with Crippen LogP contribution in [0.25, 0.3) is 0 Å². The summed E-state index contributed by atoms with van der Waals surface area (Å²) in [5.41, 5.74) is 3.18. The Morgan fingerprint density at radius 1 is 1.11 bits per heavy atom. The lowest BCUT2D eigenvalue weighted by molar-refractivity contribution is 0.222. The van der Waals surface area contributed by atoms with Gasteiger partial charge in [0.1, 0.15) is 0 Å². The van der Waals surface area contributed by atoms with E-state index in [2.05, 4.69) is 49.9 Å². The van der Waals surface area contributed by atoms with Crippen LogP contribution in [0.2, 0.25) is 0 Å². The summed E-state index contributed by atoms with van der Waals surface area (Å²) in [6.45, 7) is 10.8. The van der Waals surface area contributed by atoms with Crippen molar-refractivity contribution in [2.75, 3.05) is 19.6 Å². The molecule has 2 rings (SSSR count). The van der Waals surface area contributed by atoms with Crippen LogP contribution in [0.1, 0.15) is 50.7 Å². The third-order valence-electron chi connectivity index (χ3n) is 4.31. The van der Waals surface area contributed by atoms with Gasteiger partial charge in [0.05, 0.1) is 0 Å². The molecule has 0 radical (unpaired) electrons. The predicted molar refractivity (Wildman–Crippen MR) is 79.1 cm³/mol.